The number of nitrogens with zero attached hydrogens (tertiary/aromatic N) is 2. The van der Waals surface area contributed by atoms with Crippen molar-refractivity contribution in [2.45, 2.75) is 82.5 Å². The number of benzene rings is 3. The van der Waals surface area contributed by atoms with Crippen molar-refractivity contribution >= 4 is 39.3 Å². The molecule has 0 unspecified atom stereocenters. The zero-order valence-corrected chi connectivity index (χ0v) is 30.2. The van der Waals surface area contributed by atoms with Gasteiger partial charge in [0.15, 0.2) is 0 Å². The van der Waals surface area contributed by atoms with Crippen molar-refractivity contribution in [2.75, 3.05) is 26.3 Å². The minimum absolute atomic E-state index is 0.0290. The van der Waals surface area contributed by atoms with Gasteiger partial charge in [-0.25, -0.2) is 4.39 Å². The maximum Gasteiger partial charge on any atom is 0.303 e. The maximum absolute atomic E-state index is 14.8. The topological polar surface area (TPSA) is 119 Å². The fraction of sp³-hybridized carbons (Fsp3) is 0.425. The number of nitrogens with one attached hydrogen (secondary N) is 1. The normalized spacial score (nSPS) is 18.5. The third-order valence-electron chi connectivity index (χ3n) is 9.92. The lowest BCUT2D eigenvalue weighted by Crippen LogP contribution is -2.62. The van der Waals surface area contributed by atoms with Crippen LogP contribution in [0.2, 0.25) is 0 Å². The number of carbonyl (C=O) groups is 3. The van der Waals surface area contributed by atoms with Crippen LogP contribution in [0.3, 0.4) is 0 Å². The molecule has 2 heterocycles. The Bertz CT molecular complexity index is 1760. The zero-order chi connectivity index (χ0) is 35.9. The molecule has 3 aromatic rings. The van der Waals surface area contributed by atoms with E-state index in [0.29, 0.717) is 54.9 Å². The molecule has 1 saturated heterocycles. The number of hydrogen-bond acceptors (Lipinski definition) is 6. The first-order valence-corrected chi connectivity index (χ1v) is 18.6. The van der Waals surface area contributed by atoms with Gasteiger partial charge in [-0.1, -0.05) is 48.5 Å². The van der Waals surface area contributed by atoms with Gasteiger partial charge in [-0.05, 0) is 101 Å². The van der Waals surface area contributed by atoms with E-state index in [-0.39, 0.29) is 61.6 Å². The second-order valence-corrected chi connectivity index (χ2v) is 14.5. The number of carboxylic acid groups (broad SMARTS) is 1. The lowest BCUT2D eigenvalue weighted by atomic mass is 9.82. The Morgan fingerprint density at radius 3 is 2.45 bits per heavy atom. The Labute approximate surface area is 306 Å². The third kappa shape index (κ3) is 9.44. The van der Waals surface area contributed by atoms with Crippen LogP contribution in [0.1, 0.15) is 67.2 Å². The number of amides is 2. The van der Waals surface area contributed by atoms with Crippen molar-refractivity contribution in [2.24, 2.45) is 0 Å². The predicted octanol–water partition coefficient (Wildman–Crippen LogP) is 5.91. The summed E-state index contributed by atoms with van der Waals surface area (Å²) in [6.45, 7) is 1.74. The van der Waals surface area contributed by atoms with Crippen LogP contribution in [0, 0.1) is 5.82 Å². The van der Waals surface area contributed by atoms with Crippen LogP contribution < -0.4 is 10.1 Å². The summed E-state index contributed by atoms with van der Waals surface area (Å²) in [5.74, 6) is -0.911. The molecule has 51 heavy (non-hydrogen) atoms. The Balaban J connectivity index is 1.24. The molecule has 2 aliphatic heterocycles. The molecule has 3 aromatic carbocycles. The smallest absolute Gasteiger partial charge is 0.303 e. The highest BCUT2D eigenvalue weighted by Crippen LogP contribution is 2.38. The molecular weight excluding hydrogens is 717 g/mol. The van der Waals surface area contributed by atoms with Crippen molar-refractivity contribution in [3.8, 4) is 5.75 Å². The van der Waals surface area contributed by atoms with Crippen LogP contribution in [0.15, 0.2) is 76.8 Å². The maximum atomic E-state index is 14.8. The molecule has 2 amide bonds. The summed E-state index contributed by atoms with van der Waals surface area (Å²) in [6.07, 6.45) is 4.85. The number of ether oxygens (including phenoxy) is 1. The molecule has 6 rings (SSSR count). The van der Waals surface area contributed by atoms with E-state index in [9.17, 15) is 23.9 Å². The average Bonchev–Trinajstić information content (AvgIpc) is 3.96. The van der Waals surface area contributed by atoms with Crippen LogP contribution in [-0.2, 0) is 33.8 Å². The molecule has 9 nitrogen and oxygen atoms in total. The minimum atomic E-state index is -0.919. The third-order valence-corrected chi connectivity index (χ3v) is 10.6. The molecule has 3 N–H and O–H groups in total. The van der Waals surface area contributed by atoms with E-state index >= 15 is 0 Å². The number of aliphatic hydroxyl groups is 1. The van der Waals surface area contributed by atoms with Gasteiger partial charge >= 0.3 is 5.97 Å². The highest BCUT2D eigenvalue weighted by atomic mass is 79.9. The quantitative estimate of drug-likeness (QED) is 0.156. The first-order chi connectivity index (χ1) is 24.7. The van der Waals surface area contributed by atoms with Gasteiger partial charge in [0.05, 0.1) is 17.1 Å². The number of aliphatic hydroxyl groups excluding tert-OH is 1. The monoisotopic (exact) mass is 761 g/mol. The largest absolute Gasteiger partial charge is 0.492 e. The number of fused-ring (bicyclic) bond motifs is 2. The van der Waals surface area contributed by atoms with Gasteiger partial charge in [0.2, 0.25) is 5.91 Å². The van der Waals surface area contributed by atoms with Crippen LogP contribution in [-0.4, -0.2) is 82.2 Å². The Kier molecular flexibility index (Phi) is 12.2. The minimum Gasteiger partial charge on any atom is -0.492 e. The lowest BCUT2D eigenvalue weighted by molar-refractivity contribution is -0.138. The van der Waals surface area contributed by atoms with Gasteiger partial charge in [-0.2, -0.15) is 0 Å². The van der Waals surface area contributed by atoms with Gasteiger partial charge in [-0.15, -0.1) is 0 Å². The molecule has 0 aromatic heterocycles. The Morgan fingerprint density at radius 1 is 0.961 bits per heavy atom. The highest BCUT2D eigenvalue weighted by molar-refractivity contribution is 9.10. The van der Waals surface area contributed by atoms with Crippen molar-refractivity contribution in [3.05, 3.63) is 105 Å². The molecule has 11 heteroatoms. The predicted molar refractivity (Wildman–Crippen MR) is 195 cm³/mol. The number of halogens is 2. The lowest BCUT2D eigenvalue weighted by Gasteiger charge is -2.45. The summed E-state index contributed by atoms with van der Waals surface area (Å²) in [5.41, 5.74) is 5.83. The molecule has 2 atom stereocenters. The molecular formula is C40H45BrFN3O6. The van der Waals surface area contributed by atoms with E-state index in [4.69, 9.17) is 9.84 Å². The molecule has 2 fully saturated rings. The molecule has 1 aliphatic carbocycles. The van der Waals surface area contributed by atoms with Crippen molar-refractivity contribution in [3.63, 3.8) is 0 Å². The van der Waals surface area contributed by atoms with Gasteiger partial charge in [0.1, 0.15) is 11.6 Å². The van der Waals surface area contributed by atoms with Crippen LogP contribution in [0.4, 0.5) is 4.39 Å². The number of hydrogen-bond donors (Lipinski definition) is 3. The number of aliphatic carboxylic acids is 1. The summed E-state index contributed by atoms with van der Waals surface area (Å²) < 4.78 is 20.1. The van der Waals surface area contributed by atoms with E-state index in [1.165, 1.54) is 12.1 Å². The summed E-state index contributed by atoms with van der Waals surface area (Å²) in [4.78, 5) is 42.9. The van der Waals surface area contributed by atoms with Crippen LogP contribution in [0.25, 0.3) is 5.57 Å². The van der Waals surface area contributed by atoms with Crippen molar-refractivity contribution in [1.29, 1.82) is 0 Å². The standard InChI is InChI=1S/C40H45BrFN3O6/c41-34-17-14-30(42)21-36(34)51-20-4-5-26-10-12-28(13-11-26)33-22-31-24-44(37(47)8-3-9-38(48)49)25-35(43-31)39(33)40(50)45(32-15-16-32)23-29-7-2-1-6-27(29)18-19-46/h1-2,6-7,10-14,17,21,31-32,35,43,46H,3-5,8-9,15-16,18-20,22-25H2,(H,48,49)/t31-,35-/m1/s1. The van der Waals surface area contributed by atoms with Crippen molar-refractivity contribution in [1.82, 2.24) is 15.1 Å². The van der Waals surface area contributed by atoms with Gasteiger partial charge in [-0.3, -0.25) is 14.4 Å². The van der Waals surface area contributed by atoms with Gasteiger partial charge < -0.3 is 30.1 Å². The first-order valence-electron chi connectivity index (χ1n) is 17.8. The van der Waals surface area contributed by atoms with E-state index in [1.54, 1.807) is 11.0 Å². The van der Waals surface area contributed by atoms with E-state index in [2.05, 4.69) is 45.5 Å². The fourth-order valence-electron chi connectivity index (χ4n) is 7.21. The van der Waals surface area contributed by atoms with Crippen molar-refractivity contribution < 1.29 is 33.7 Å². The Hall–Kier alpha value is -4.06. The van der Waals surface area contributed by atoms with E-state index in [0.717, 1.165) is 53.5 Å². The summed E-state index contributed by atoms with van der Waals surface area (Å²) in [7, 11) is 0. The molecule has 3 aliphatic rings. The number of carbonyl (C=O) groups excluding carboxylic acids is 2. The first kappa shape index (κ1) is 36.7. The summed E-state index contributed by atoms with van der Waals surface area (Å²) in [5, 5.41) is 22.4. The molecule has 0 spiro atoms. The zero-order valence-electron chi connectivity index (χ0n) is 28.7. The molecule has 1 saturated carbocycles. The Morgan fingerprint density at radius 2 is 1.73 bits per heavy atom. The second kappa shape index (κ2) is 17.0. The number of piperazine rings is 1. The van der Waals surface area contributed by atoms with E-state index < -0.39 is 5.97 Å². The molecule has 270 valence electrons. The van der Waals surface area contributed by atoms with Crippen LogP contribution in [0.5, 0.6) is 5.75 Å². The summed E-state index contributed by atoms with van der Waals surface area (Å²) in [6, 6.07) is 20.4. The number of rotatable bonds is 16. The van der Waals surface area contributed by atoms with Gasteiger partial charge in [0.25, 0.3) is 5.91 Å². The average molecular weight is 763 g/mol. The van der Waals surface area contributed by atoms with Crippen LogP contribution >= 0.6 is 15.9 Å². The summed E-state index contributed by atoms with van der Waals surface area (Å²) >= 11 is 3.40. The van der Waals surface area contributed by atoms with Gasteiger partial charge in [0, 0.05) is 62.8 Å². The second-order valence-electron chi connectivity index (χ2n) is 13.7. The fourth-order valence-corrected chi connectivity index (χ4v) is 7.57. The SMILES string of the molecule is O=C(O)CCCC(=O)N1C[C@H]2CC(c3ccc(CCCOc4cc(F)ccc4Br)cc3)=C(C(=O)N(Cc3ccccc3CCO)C3CC3)[C@@H](C1)N2. The molecule has 0 radical (unpaired) electrons. The number of aryl methyl sites for hydroxylation is 1. The number of carboxylic acids is 1. The highest BCUT2D eigenvalue weighted by Gasteiger charge is 2.43. The van der Waals surface area contributed by atoms with E-state index in [1.807, 2.05) is 29.2 Å². The molecule has 2 bridgehead atoms.